The van der Waals surface area contributed by atoms with E-state index >= 15 is 0 Å². The summed E-state index contributed by atoms with van der Waals surface area (Å²) in [5, 5.41) is 12.8. The van der Waals surface area contributed by atoms with Gasteiger partial charge in [0.25, 0.3) is 0 Å². The van der Waals surface area contributed by atoms with Crippen LogP contribution < -0.4 is 4.90 Å². The van der Waals surface area contributed by atoms with E-state index in [2.05, 4.69) is 41.4 Å². The molecule has 3 rings (SSSR count). The van der Waals surface area contributed by atoms with Gasteiger partial charge in [0.1, 0.15) is 0 Å². The molecule has 1 aromatic carbocycles. The zero-order valence-corrected chi connectivity index (χ0v) is 10.1. The molecule has 2 aliphatic carbocycles. The van der Waals surface area contributed by atoms with Crippen molar-refractivity contribution in [2.24, 2.45) is 17.0 Å². The van der Waals surface area contributed by atoms with Gasteiger partial charge in [-0.1, -0.05) is 23.4 Å². The molecule has 3 unspecified atom stereocenters. The van der Waals surface area contributed by atoms with Crippen molar-refractivity contribution in [2.45, 2.75) is 25.3 Å². The van der Waals surface area contributed by atoms with Gasteiger partial charge in [0.15, 0.2) is 0 Å². The summed E-state index contributed by atoms with van der Waals surface area (Å²) in [5.74, 6) is 1.18. The summed E-state index contributed by atoms with van der Waals surface area (Å²) in [7, 11) is 2.10. The van der Waals surface area contributed by atoms with Gasteiger partial charge < -0.3 is 10.1 Å². The van der Waals surface area contributed by atoms with E-state index in [4.69, 9.17) is 0 Å². The van der Waals surface area contributed by atoms with E-state index in [1.54, 1.807) is 0 Å². The molecule has 2 fully saturated rings. The molecule has 0 heterocycles. The predicted molar refractivity (Wildman–Crippen MR) is 68.7 cm³/mol. The van der Waals surface area contributed by atoms with Crippen LogP contribution in [-0.2, 0) is 0 Å². The summed E-state index contributed by atoms with van der Waals surface area (Å²) in [6.07, 6.45) is 3.66. The smallest absolute Gasteiger partial charge is 0.0828 e. The lowest BCUT2D eigenvalue weighted by molar-refractivity contribution is 0.311. The Labute approximate surface area is 102 Å². The lowest BCUT2D eigenvalue weighted by atomic mass is 9.92. The van der Waals surface area contributed by atoms with Crippen LogP contribution >= 0.6 is 0 Å². The normalized spacial score (nSPS) is 33.2. The average Bonchev–Trinajstić information content (AvgIpc) is 2.98. The van der Waals surface area contributed by atoms with Crippen LogP contribution in [-0.4, -0.2) is 24.0 Å². The van der Waals surface area contributed by atoms with E-state index in [9.17, 15) is 5.21 Å². The Hall–Kier alpha value is -1.51. The molecule has 1 aromatic rings. The maximum atomic E-state index is 9.22. The van der Waals surface area contributed by atoms with Gasteiger partial charge >= 0.3 is 0 Å². The topological polar surface area (TPSA) is 35.8 Å². The maximum absolute atomic E-state index is 9.22. The van der Waals surface area contributed by atoms with Gasteiger partial charge in [-0.3, -0.25) is 0 Å². The second-order valence-corrected chi connectivity index (χ2v) is 5.19. The number of hydrogen-bond acceptors (Lipinski definition) is 3. The molecule has 90 valence electrons. The van der Waals surface area contributed by atoms with Gasteiger partial charge in [0, 0.05) is 18.7 Å². The molecule has 2 saturated carbocycles. The zero-order chi connectivity index (χ0) is 11.8. The molecule has 2 aliphatic rings. The number of hydrogen-bond donors (Lipinski definition) is 1. The summed E-state index contributed by atoms with van der Waals surface area (Å²) in [5.41, 5.74) is 2.19. The van der Waals surface area contributed by atoms with E-state index in [-0.39, 0.29) is 0 Å². The molecule has 17 heavy (non-hydrogen) atoms. The van der Waals surface area contributed by atoms with Crippen molar-refractivity contribution >= 4 is 11.4 Å². The molecule has 0 spiro atoms. The van der Waals surface area contributed by atoms with Gasteiger partial charge in [-0.15, -0.1) is 0 Å². The van der Waals surface area contributed by atoms with Crippen molar-refractivity contribution in [3.8, 4) is 0 Å². The van der Waals surface area contributed by atoms with Crippen LogP contribution in [0.15, 0.2) is 35.5 Å². The number of nitrogens with zero attached hydrogens (tertiary/aromatic N) is 2. The lowest BCUT2D eigenvalue weighted by Crippen LogP contribution is -2.42. The number of fused-ring (bicyclic) bond motifs is 2. The molecule has 0 aliphatic heterocycles. The van der Waals surface area contributed by atoms with E-state index in [0.29, 0.717) is 17.9 Å². The SMILES string of the molecule is CN(c1ccccc1)C1C(=NO)C2CCC1C2. The van der Waals surface area contributed by atoms with Crippen molar-refractivity contribution in [3.05, 3.63) is 30.3 Å². The second-order valence-electron chi connectivity index (χ2n) is 5.19. The Balaban J connectivity index is 1.89. The quantitative estimate of drug-likeness (QED) is 0.626. The van der Waals surface area contributed by atoms with Crippen molar-refractivity contribution < 1.29 is 5.21 Å². The Bertz CT molecular complexity index is 429. The highest BCUT2D eigenvalue weighted by atomic mass is 16.4. The molecular formula is C14H18N2O. The summed E-state index contributed by atoms with van der Waals surface area (Å²) in [6.45, 7) is 0. The second kappa shape index (κ2) is 4.06. The Kier molecular flexibility index (Phi) is 2.54. The van der Waals surface area contributed by atoms with Crippen LogP contribution in [0.3, 0.4) is 0 Å². The minimum absolute atomic E-state index is 0.293. The highest BCUT2D eigenvalue weighted by Crippen LogP contribution is 2.45. The van der Waals surface area contributed by atoms with Gasteiger partial charge in [-0.05, 0) is 37.3 Å². The minimum atomic E-state index is 0.293. The molecule has 0 saturated heterocycles. The van der Waals surface area contributed by atoms with E-state index in [1.807, 2.05) is 6.07 Å². The molecule has 0 aromatic heterocycles. The first-order valence-electron chi connectivity index (χ1n) is 6.31. The van der Waals surface area contributed by atoms with Gasteiger partial charge in [0.05, 0.1) is 11.8 Å². The van der Waals surface area contributed by atoms with Gasteiger partial charge in [-0.2, -0.15) is 0 Å². The highest BCUT2D eigenvalue weighted by Gasteiger charge is 2.47. The van der Waals surface area contributed by atoms with E-state index in [1.165, 1.54) is 24.9 Å². The summed E-state index contributed by atoms with van der Waals surface area (Å²) in [4.78, 5) is 2.26. The van der Waals surface area contributed by atoms with Crippen LogP contribution in [0.5, 0.6) is 0 Å². The molecular weight excluding hydrogens is 212 g/mol. The number of anilines is 1. The molecule has 1 N–H and O–H groups in total. The number of benzene rings is 1. The maximum Gasteiger partial charge on any atom is 0.0828 e. The fourth-order valence-electron chi connectivity index (χ4n) is 3.53. The summed E-state index contributed by atoms with van der Waals surface area (Å²) >= 11 is 0. The third-order valence-corrected chi connectivity index (χ3v) is 4.34. The van der Waals surface area contributed by atoms with Gasteiger partial charge in [-0.25, -0.2) is 0 Å². The molecule has 0 amide bonds. The third kappa shape index (κ3) is 1.61. The standard InChI is InChI=1S/C14H18N2O/c1-16(12-5-3-2-4-6-12)14-11-8-7-10(9-11)13(14)15-17/h2-6,10-11,14,17H,7-9H2,1H3. The molecule has 3 atom stereocenters. The van der Waals surface area contributed by atoms with E-state index in [0.717, 1.165) is 5.71 Å². The Morgan fingerprint density at radius 2 is 2.00 bits per heavy atom. The van der Waals surface area contributed by atoms with Crippen molar-refractivity contribution in [1.82, 2.24) is 0 Å². The number of oxime groups is 1. The third-order valence-electron chi connectivity index (χ3n) is 4.34. The molecule has 2 bridgehead atoms. The van der Waals surface area contributed by atoms with Crippen molar-refractivity contribution in [3.63, 3.8) is 0 Å². The van der Waals surface area contributed by atoms with Crippen molar-refractivity contribution in [1.29, 1.82) is 0 Å². The first-order chi connectivity index (χ1) is 8.31. The van der Waals surface area contributed by atoms with Crippen LogP contribution in [0.2, 0.25) is 0 Å². The van der Waals surface area contributed by atoms with E-state index < -0.39 is 0 Å². The van der Waals surface area contributed by atoms with Crippen molar-refractivity contribution in [2.75, 3.05) is 11.9 Å². The summed E-state index contributed by atoms with van der Waals surface area (Å²) < 4.78 is 0. The Morgan fingerprint density at radius 3 is 2.71 bits per heavy atom. The van der Waals surface area contributed by atoms with Crippen LogP contribution in [0.4, 0.5) is 5.69 Å². The fourth-order valence-corrected chi connectivity index (χ4v) is 3.53. The fraction of sp³-hybridized carbons (Fsp3) is 0.500. The van der Waals surface area contributed by atoms with Gasteiger partial charge in [0.2, 0.25) is 0 Å². The largest absolute Gasteiger partial charge is 0.411 e. The molecule has 0 radical (unpaired) electrons. The summed E-state index contributed by atoms with van der Waals surface area (Å²) in [6, 6.07) is 10.6. The first kappa shape index (κ1) is 10.6. The van der Waals surface area contributed by atoms with Crippen LogP contribution in [0.25, 0.3) is 0 Å². The number of rotatable bonds is 2. The Morgan fingerprint density at radius 1 is 1.24 bits per heavy atom. The highest BCUT2D eigenvalue weighted by molar-refractivity contribution is 5.96. The monoisotopic (exact) mass is 230 g/mol. The van der Waals surface area contributed by atoms with Crippen LogP contribution in [0.1, 0.15) is 19.3 Å². The zero-order valence-electron chi connectivity index (χ0n) is 10.1. The van der Waals surface area contributed by atoms with Crippen LogP contribution in [0, 0.1) is 11.8 Å². The minimum Gasteiger partial charge on any atom is -0.411 e. The molecule has 3 heteroatoms. The lowest BCUT2D eigenvalue weighted by Gasteiger charge is -2.33. The average molecular weight is 230 g/mol. The number of para-hydroxylation sites is 1. The predicted octanol–water partition coefficient (Wildman–Crippen LogP) is 2.75. The molecule has 3 nitrogen and oxygen atoms in total. The first-order valence-corrected chi connectivity index (χ1v) is 6.31.